The third-order valence-electron chi connectivity index (χ3n) is 9.81. The topological polar surface area (TPSA) is 75.1 Å². The first-order valence-electron chi connectivity index (χ1n) is 14.0. The maximum absolute atomic E-state index is 13.1. The largest absolute Gasteiger partial charge is 0.377 e. The van der Waals surface area contributed by atoms with Crippen LogP contribution in [0.25, 0.3) is 0 Å². The molecule has 2 N–H and O–H groups in total. The molecule has 1 aromatic heterocycles. The van der Waals surface area contributed by atoms with Gasteiger partial charge in [0.25, 0.3) is 0 Å². The van der Waals surface area contributed by atoms with Crippen molar-refractivity contribution in [2.24, 2.45) is 11.3 Å². The Kier molecular flexibility index (Phi) is 6.40. The van der Waals surface area contributed by atoms with Crippen molar-refractivity contribution in [3.05, 3.63) is 22.8 Å². The summed E-state index contributed by atoms with van der Waals surface area (Å²) in [4.78, 5) is 15.9. The van der Waals surface area contributed by atoms with Crippen LogP contribution in [0.5, 0.6) is 0 Å². The molecule has 3 saturated carbocycles. The van der Waals surface area contributed by atoms with Gasteiger partial charge in [0.15, 0.2) is 0 Å². The van der Waals surface area contributed by atoms with Gasteiger partial charge in [-0.15, -0.1) is 22.0 Å². The predicted octanol–water partition coefficient (Wildman–Crippen LogP) is 4.47. The lowest BCUT2D eigenvalue weighted by Crippen LogP contribution is -2.74. The number of hydrogen-bond acceptors (Lipinski definition) is 6. The summed E-state index contributed by atoms with van der Waals surface area (Å²) in [6.45, 7) is 7.64. The Morgan fingerprint density at radius 1 is 1.23 bits per heavy atom. The number of amides is 1. The number of hydrogen-bond donors (Lipinski definition) is 2. The lowest BCUT2D eigenvalue weighted by molar-refractivity contribution is -0.188. The lowest BCUT2D eigenvalue weighted by atomic mass is 9.53. The Morgan fingerprint density at radius 2 is 2.06 bits per heavy atom. The van der Waals surface area contributed by atoms with Crippen LogP contribution < -0.4 is 10.6 Å². The Balaban J connectivity index is 1.13. The Hall–Kier alpha value is -1.54. The molecule has 3 aliphatic carbocycles. The third-order valence-corrected chi connectivity index (χ3v) is 10.5. The number of piperidine rings is 1. The Bertz CT molecular complexity index is 984. The second kappa shape index (κ2) is 9.40. The standard InChI is InChI=1S/C27H42N6OS/c1-17(2)25-31-30-18(3)33(25)20-13-24-27(14-20)11-9-23(27)32(24)12-10-21(22-15-35-16-28-22)29-26(34)19-7-5-4-6-8-19/h15,17,19-21,23-24,28H,4-14,16H2,1-3H3,(H,29,34)/t20?,21-,23?,24?,27?/m0/s1. The summed E-state index contributed by atoms with van der Waals surface area (Å²) in [6.07, 6.45) is 12.0. The first-order valence-corrected chi connectivity index (χ1v) is 15.1. The van der Waals surface area contributed by atoms with Crippen LogP contribution in [0.1, 0.15) is 102 Å². The van der Waals surface area contributed by atoms with E-state index in [0.717, 1.165) is 49.4 Å². The molecule has 1 spiro atoms. The molecule has 0 bridgehead atoms. The number of carbonyl (C=O) groups is 1. The number of nitrogens with one attached hydrogen (secondary N) is 2. The molecule has 1 aromatic rings. The van der Waals surface area contributed by atoms with Crippen molar-refractivity contribution in [1.82, 2.24) is 30.3 Å². The van der Waals surface area contributed by atoms with E-state index in [4.69, 9.17) is 0 Å². The number of likely N-dealkylation sites (tertiary alicyclic amines) is 1. The summed E-state index contributed by atoms with van der Waals surface area (Å²) in [6, 6.07) is 2.03. The fourth-order valence-electron chi connectivity index (χ4n) is 8.00. The van der Waals surface area contributed by atoms with Crippen LogP contribution in [-0.2, 0) is 4.79 Å². The van der Waals surface area contributed by atoms with Crippen LogP contribution in [0.3, 0.4) is 0 Å². The minimum absolute atomic E-state index is 0.110. The summed E-state index contributed by atoms with van der Waals surface area (Å²) in [7, 11) is 0. The summed E-state index contributed by atoms with van der Waals surface area (Å²) in [5.74, 6) is 4.03. The van der Waals surface area contributed by atoms with Crippen molar-refractivity contribution >= 4 is 17.7 Å². The van der Waals surface area contributed by atoms with Crippen molar-refractivity contribution in [2.75, 3.05) is 12.4 Å². The van der Waals surface area contributed by atoms with Crippen LogP contribution in [0.4, 0.5) is 0 Å². The average molecular weight is 499 g/mol. The molecule has 3 heterocycles. The molecule has 7 nitrogen and oxygen atoms in total. The molecule has 4 unspecified atom stereocenters. The number of rotatable bonds is 8. The van der Waals surface area contributed by atoms with Gasteiger partial charge in [-0.25, -0.2) is 0 Å². The van der Waals surface area contributed by atoms with E-state index >= 15 is 0 Å². The predicted molar refractivity (Wildman–Crippen MR) is 140 cm³/mol. The van der Waals surface area contributed by atoms with Gasteiger partial charge in [-0.1, -0.05) is 33.1 Å². The molecule has 2 aliphatic heterocycles. The van der Waals surface area contributed by atoms with Gasteiger partial charge in [-0.05, 0) is 57.3 Å². The second-order valence-corrected chi connectivity index (χ2v) is 12.9. The van der Waals surface area contributed by atoms with Crippen LogP contribution >= 0.6 is 11.8 Å². The number of carbonyl (C=O) groups excluding carboxylic acids is 1. The molecule has 0 aromatic carbocycles. The molecule has 8 heteroatoms. The first kappa shape index (κ1) is 23.8. The molecule has 1 saturated heterocycles. The van der Waals surface area contributed by atoms with Crippen LogP contribution in [0.15, 0.2) is 11.1 Å². The summed E-state index contributed by atoms with van der Waals surface area (Å²) >= 11 is 1.80. The zero-order chi connectivity index (χ0) is 24.2. The highest BCUT2D eigenvalue weighted by Gasteiger charge is 2.69. The van der Waals surface area contributed by atoms with Gasteiger partial charge in [0.1, 0.15) is 11.6 Å². The molecule has 35 heavy (non-hydrogen) atoms. The molecule has 5 aliphatic rings. The highest BCUT2D eigenvalue weighted by atomic mass is 32.2. The van der Waals surface area contributed by atoms with Gasteiger partial charge >= 0.3 is 0 Å². The Morgan fingerprint density at radius 3 is 2.74 bits per heavy atom. The van der Waals surface area contributed by atoms with E-state index in [1.807, 2.05) is 0 Å². The van der Waals surface area contributed by atoms with Gasteiger partial charge in [0.2, 0.25) is 5.91 Å². The van der Waals surface area contributed by atoms with Crippen molar-refractivity contribution in [3.63, 3.8) is 0 Å². The van der Waals surface area contributed by atoms with Crippen molar-refractivity contribution in [2.45, 2.75) is 115 Å². The zero-order valence-electron chi connectivity index (χ0n) is 21.6. The molecule has 1 amide bonds. The quantitative estimate of drug-likeness (QED) is 0.551. The van der Waals surface area contributed by atoms with Crippen molar-refractivity contribution in [3.8, 4) is 0 Å². The minimum atomic E-state index is 0.110. The number of thioether (sulfide) groups is 1. The van der Waals surface area contributed by atoms with E-state index in [-0.39, 0.29) is 17.9 Å². The maximum Gasteiger partial charge on any atom is 0.223 e. The smallest absolute Gasteiger partial charge is 0.223 e. The Labute approximate surface area is 214 Å². The van der Waals surface area contributed by atoms with Gasteiger partial charge in [-0.2, -0.15) is 0 Å². The molecule has 5 atom stereocenters. The highest BCUT2D eigenvalue weighted by Crippen LogP contribution is 2.67. The SMILES string of the molecule is Cc1nnc(C(C)C)n1C1CC2N(CC[C@H](NC(=O)C3CCCCC3)C3=CSCN3)C3CCC32C1. The maximum atomic E-state index is 13.1. The molecule has 4 fully saturated rings. The molecule has 192 valence electrons. The van der Waals surface area contributed by atoms with Gasteiger partial charge in [0, 0.05) is 47.6 Å². The molecular formula is C27H42N6OS. The van der Waals surface area contributed by atoms with E-state index in [9.17, 15) is 4.79 Å². The molecule has 0 radical (unpaired) electrons. The van der Waals surface area contributed by atoms with E-state index in [1.54, 1.807) is 11.8 Å². The van der Waals surface area contributed by atoms with Crippen LogP contribution in [0, 0.1) is 18.3 Å². The van der Waals surface area contributed by atoms with Crippen molar-refractivity contribution < 1.29 is 4.79 Å². The van der Waals surface area contributed by atoms with Crippen molar-refractivity contribution in [1.29, 1.82) is 0 Å². The number of aromatic nitrogens is 3. The summed E-state index contributed by atoms with van der Waals surface area (Å²) < 4.78 is 2.46. The minimum Gasteiger partial charge on any atom is -0.377 e. The van der Waals surface area contributed by atoms with E-state index < -0.39 is 0 Å². The fourth-order valence-corrected chi connectivity index (χ4v) is 8.76. The highest BCUT2D eigenvalue weighted by molar-refractivity contribution is 8.02. The summed E-state index contributed by atoms with van der Waals surface area (Å²) in [5.41, 5.74) is 1.72. The zero-order valence-corrected chi connectivity index (χ0v) is 22.4. The second-order valence-electron chi connectivity index (χ2n) is 12.0. The van der Waals surface area contributed by atoms with Gasteiger partial charge in [-0.3, -0.25) is 9.69 Å². The van der Waals surface area contributed by atoms with E-state index in [0.29, 0.717) is 23.4 Å². The average Bonchev–Trinajstić information content (AvgIpc) is 3.58. The van der Waals surface area contributed by atoms with E-state index in [2.05, 4.69) is 56.5 Å². The van der Waals surface area contributed by atoms with Gasteiger partial charge in [0.05, 0.1) is 11.9 Å². The number of aryl methyl sites for hydroxylation is 1. The monoisotopic (exact) mass is 498 g/mol. The third kappa shape index (κ3) is 4.03. The normalized spacial score (nSPS) is 33.4. The molecule has 6 rings (SSSR count). The van der Waals surface area contributed by atoms with Crippen LogP contribution in [-0.4, -0.2) is 56.1 Å². The van der Waals surface area contributed by atoms with Gasteiger partial charge < -0.3 is 15.2 Å². The molecular weight excluding hydrogens is 456 g/mol. The number of nitrogens with zero attached hydrogens (tertiary/aromatic N) is 4. The summed E-state index contributed by atoms with van der Waals surface area (Å²) in [5, 5.41) is 18.2. The van der Waals surface area contributed by atoms with Crippen LogP contribution in [0.2, 0.25) is 0 Å². The van der Waals surface area contributed by atoms with E-state index in [1.165, 1.54) is 50.6 Å². The lowest BCUT2D eigenvalue weighted by Gasteiger charge is -2.68. The first-order chi connectivity index (χ1) is 17.0. The fraction of sp³-hybridized carbons (Fsp3) is 0.815.